The van der Waals surface area contributed by atoms with Gasteiger partial charge in [0.25, 0.3) is 11.8 Å². The van der Waals surface area contributed by atoms with E-state index in [4.69, 9.17) is 24.4 Å². The van der Waals surface area contributed by atoms with Crippen LogP contribution in [0.1, 0.15) is 100 Å². The van der Waals surface area contributed by atoms with Gasteiger partial charge < -0.3 is 0 Å². The Morgan fingerprint density at radius 2 is 1.06 bits per heavy atom. The fourth-order valence-corrected chi connectivity index (χ4v) is 13.4. The van der Waals surface area contributed by atoms with Gasteiger partial charge in [0.05, 0.1) is 9.81 Å². The number of carbonyl (C=O) groups excluding carboxylic acids is 2. The number of carbonyl (C=O) groups is 2. The summed E-state index contributed by atoms with van der Waals surface area (Å²) in [5.41, 5.74) is 7.91. The van der Waals surface area contributed by atoms with Gasteiger partial charge in [-0.25, -0.2) is 0 Å². The molecule has 2 amide bonds. The van der Waals surface area contributed by atoms with Gasteiger partial charge in [-0.15, -0.1) is 11.3 Å². The van der Waals surface area contributed by atoms with Gasteiger partial charge in [-0.05, 0) is 109 Å². The first-order valence-corrected chi connectivity index (χ1v) is 21.0. The minimum absolute atomic E-state index is 0.0442. The van der Waals surface area contributed by atoms with Crippen LogP contribution >= 0.6 is 59.3 Å². The molecule has 9 heteroatoms. The van der Waals surface area contributed by atoms with Crippen LogP contribution in [0.5, 0.6) is 0 Å². The maximum Gasteiger partial charge on any atom is 0.266 e. The summed E-state index contributed by atoms with van der Waals surface area (Å²) < 4.78 is 3.97. The maximum absolute atomic E-state index is 13.3. The Labute approximate surface area is 311 Å². The summed E-state index contributed by atoms with van der Waals surface area (Å²) in [6.45, 7) is 5.20. The lowest BCUT2D eigenvalue weighted by atomic mass is 9.66. The number of fused-ring (bicyclic) bond motifs is 7. The molecule has 2 saturated heterocycles. The molecule has 2 spiro atoms. The van der Waals surface area contributed by atoms with Crippen molar-refractivity contribution in [2.45, 2.75) is 88.9 Å². The standard InChI is InChI=1S/C40H38N2O2S5/c1-3-41-35(43)33(48-37(41)45)19-25-15-23-17-31-27(21-29(23)39(25)11-7-5-8-12-39)28-22-30-24(18-32(28)47-31)16-26(40(30)13-9-6-10-14-40)20-34-36(44)42(4-2)38(46)49-34/h15-22H,3-14H2,1-2H3/b33-19-,34-20-. The number of thiocarbonyl (C=S) groups is 2. The van der Waals surface area contributed by atoms with Gasteiger partial charge in [0, 0.05) is 44.1 Å². The number of likely N-dealkylation sites (N-methyl/N-ethyl adjacent to an activating group) is 2. The molecule has 0 radical (unpaired) electrons. The molecule has 0 atom stereocenters. The average Bonchev–Trinajstić information content (AvgIpc) is 3.83. The number of hydrogen-bond acceptors (Lipinski definition) is 7. The van der Waals surface area contributed by atoms with Crippen molar-refractivity contribution in [3.63, 3.8) is 0 Å². The molecule has 6 aliphatic rings. The summed E-state index contributed by atoms with van der Waals surface area (Å²) in [7, 11) is 0. The predicted molar refractivity (Wildman–Crippen MR) is 216 cm³/mol. The second kappa shape index (κ2) is 12.0. The van der Waals surface area contributed by atoms with Crippen LogP contribution in [-0.4, -0.2) is 43.3 Å². The highest BCUT2D eigenvalue weighted by Crippen LogP contribution is 2.57. The number of thiophene rings is 1. The van der Waals surface area contributed by atoms with Gasteiger partial charge in [0.2, 0.25) is 0 Å². The maximum atomic E-state index is 13.3. The first kappa shape index (κ1) is 32.4. The van der Waals surface area contributed by atoms with Gasteiger partial charge in [0.1, 0.15) is 8.64 Å². The van der Waals surface area contributed by atoms with Crippen LogP contribution in [0.3, 0.4) is 0 Å². The van der Waals surface area contributed by atoms with E-state index >= 15 is 0 Å². The minimum atomic E-state index is -0.0637. The largest absolute Gasteiger partial charge is 0.293 e. The number of nitrogens with zero attached hydrogens (tertiary/aromatic N) is 2. The van der Waals surface area contributed by atoms with Gasteiger partial charge in [-0.1, -0.05) is 98.6 Å². The van der Waals surface area contributed by atoms with E-state index in [-0.39, 0.29) is 22.6 Å². The van der Waals surface area contributed by atoms with Crippen molar-refractivity contribution < 1.29 is 9.59 Å². The summed E-state index contributed by atoms with van der Waals surface area (Å²) in [6.07, 6.45) is 20.9. The van der Waals surface area contributed by atoms with Crippen LogP contribution in [0.25, 0.3) is 32.3 Å². The zero-order chi connectivity index (χ0) is 33.7. The SMILES string of the molecule is CCN1C(=O)/C(=C/C2=Cc3cc4sc5cc6c(cc5c4cc3C23CCCCC3)C2(CCCCC2)C(/C=C2\SC(=S)N(CC)C2=O)=C6)SC1=S. The highest BCUT2D eigenvalue weighted by atomic mass is 32.2. The van der Waals surface area contributed by atoms with Gasteiger partial charge in [-0.2, -0.15) is 0 Å². The molecule has 3 heterocycles. The average molecular weight is 739 g/mol. The monoisotopic (exact) mass is 738 g/mol. The van der Waals surface area contributed by atoms with E-state index in [0.717, 1.165) is 35.5 Å². The first-order valence-electron chi connectivity index (χ1n) is 17.8. The molecule has 4 fully saturated rings. The molecule has 250 valence electrons. The Morgan fingerprint density at radius 3 is 1.43 bits per heavy atom. The van der Waals surface area contributed by atoms with Crippen molar-refractivity contribution in [2.24, 2.45) is 0 Å². The van der Waals surface area contributed by atoms with Crippen LogP contribution in [0.4, 0.5) is 0 Å². The van der Waals surface area contributed by atoms with Crippen molar-refractivity contribution in [3.05, 3.63) is 79.6 Å². The second-order valence-electron chi connectivity index (χ2n) is 14.3. The first-order chi connectivity index (χ1) is 23.8. The number of amides is 2. The third-order valence-electron chi connectivity index (χ3n) is 11.9. The van der Waals surface area contributed by atoms with Crippen molar-refractivity contribution >= 4 is 112 Å². The minimum Gasteiger partial charge on any atom is -0.293 e. The van der Waals surface area contributed by atoms with Crippen LogP contribution in [-0.2, 0) is 20.4 Å². The second-order valence-corrected chi connectivity index (χ2v) is 18.7. The zero-order valence-corrected chi connectivity index (χ0v) is 31.9. The molecule has 2 saturated carbocycles. The van der Waals surface area contributed by atoms with E-state index in [0.29, 0.717) is 21.7 Å². The molecule has 0 bridgehead atoms. The quantitative estimate of drug-likeness (QED) is 0.196. The molecule has 2 aromatic carbocycles. The van der Waals surface area contributed by atoms with Gasteiger partial charge in [0.15, 0.2) is 0 Å². The van der Waals surface area contributed by atoms with E-state index in [1.165, 1.54) is 116 Å². The van der Waals surface area contributed by atoms with Gasteiger partial charge >= 0.3 is 0 Å². The lowest BCUT2D eigenvalue weighted by molar-refractivity contribution is -0.122. The molecular weight excluding hydrogens is 701 g/mol. The molecular formula is C40H38N2O2S5. The Balaban J connectivity index is 1.16. The molecule has 3 aromatic rings. The summed E-state index contributed by atoms with van der Waals surface area (Å²) in [4.78, 5) is 31.5. The highest BCUT2D eigenvalue weighted by molar-refractivity contribution is 8.27. The number of benzene rings is 2. The molecule has 49 heavy (non-hydrogen) atoms. The summed E-state index contributed by atoms with van der Waals surface area (Å²) in [6, 6.07) is 9.87. The number of hydrogen-bond donors (Lipinski definition) is 0. The van der Waals surface area contributed by atoms with E-state index < -0.39 is 0 Å². The predicted octanol–water partition coefficient (Wildman–Crippen LogP) is 10.8. The van der Waals surface area contributed by atoms with Crippen molar-refractivity contribution in [1.29, 1.82) is 0 Å². The van der Waals surface area contributed by atoms with Crippen molar-refractivity contribution in [3.8, 4) is 0 Å². The van der Waals surface area contributed by atoms with E-state index in [1.807, 2.05) is 25.2 Å². The molecule has 2 aliphatic heterocycles. The Morgan fingerprint density at radius 1 is 0.653 bits per heavy atom. The molecule has 9 rings (SSSR count). The summed E-state index contributed by atoms with van der Waals surface area (Å²) in [5.74, 6) is 0.0883. The molecule has 4 aliphatic carbocycles. The lowest BCUT2D eigenvalue weighted by Gasteiger charge is -2.37. The third-order valence-corrected chi connectivity index (χ3v) is 15.8. The van der Waals surface area contributed by atoms with Crippen LogP contribution in [0.15, 0.2) is 57.4 Å². The fraction of sp³-hybridized carbons (Fsp3) is 0.400. The lowest BCUT2D eigenvalue weighted by Crippen LogP contribution is -2.30. The Hall–Kier alpha value is -2.56. The van der Waals surface area contributed by atoms with Crippen molar-refractivity contribution in [1.82, 2.24) is 9.80 Å². The summed E-state index contributed by atoms with van der Waals surface area (Å²) in [5, 5.41) is 2.70. The highest BCUT2D eigenvalue weighted by Gasteiger charge is 2.45. The van der Waals surface area contributed by atoms with E-state index in [1.54, 1.807) is 9.80 Å². The molecule has 0 N–H and O–H groups in total. The number of thioether (sulfide) groups is 2. The van der Waals surface area contributed by atoms with Crippen LogP contribution in [0.2, 0.25) is 0 Å². The smallest absolute Gasteiger partial charge is 0.266 e. The topological polar surface area (TPSA) is 40.6 Å². The zero-order valence-electron chi connectivity index (χ0n) is 27.9. The molecule has 1 aromatic heterocycles. The number of allylic oxidation sites excluding steroid dienone is 4. The number of rotatable bonds is 4. The molecule has 0 unspecified atom stereocenters. The Bertz CT molecular complexity index is 2000. The van der Waals surface area contributed by atoms with Crippen molar-refractivity contribution in [2.75, 3.05) is 13.1 Å². The Kier molecular flexibility index (Phi) is 7.93. The van der Waals surface area contributed by atoms with Crippen LogP contribution < -0.4 is 0 Å². The third kappa shape index (κ3) is 4.82. The summed E-state index contributed by atoms with van der Waals surface area (Å²) >= 11 is 15.9. The van der Waals surface area contributed by atoms with Crippen LogP contribution in [0, 0.1) is 0 Å². The fourth-order valence-electron chi connectivity index (χ4n) is 9.50. The van der Waals surface area contributed by atoms with E-state index in [9.17, 15) is 9.59 Å². The van der Waals surface area contributed by atoms with Gasteiger partial charge in [-0.3, -0.25) is 19.4 Å². The normalized spacial score (nSPS) is 24.4. The van der Waals surface area contributed by atoms with E-state index in [2.05, 4.69) is 48.6 Å². The molecule has 4 nitrogen and oxygen atoms in total.